The van der Waals surface area contributed by atoms with Crippen molar-refractivity contribution < 1.29 is 66.4 Å². The number of benzene rings is 1. The molecule has 0 aliphatic rings. The summed E-state index contributed by atoms with van der Waals surface area (Å²) in [7, 11) is 0. The summed E-state index contributed by atoms with van der Waals surface area (Å²) in [6.45, 7) is 0.197. The molecule has 1 N–H and O–H groups in total. The summed E-state index contributed by atoms with van der Waals surface area (Å²) in [5.41, 5.74) is 1.09. The van der Waals surface area contributed by atoms with Crippen molar-refractivity contribution in [2.24, 2.45) is 0 Å². The zero-order chi connectivity index (χ0) is 11.1. The molecule has 0 amide bonds. The molecule has 0 atom stereocenters. The van der Waals surface area contributed by atoms with E-state index in [1.807, 2.05) is 12.1 Å². The van der Waals surface area contributed by atoms with Crippen molar-refractivity contribution in [1.29, 1.82) is 0 Å². The van der Waals surface area contributed by atoms with Gasteiger partial charge in [0.05, 0.1) is 5.97 Å². The Labute approximate surface area is 138 Å². The normalized spacial score (nSPS) is 9.56. The maximum atomic E-state index is 10.8. The summed E-state index contributed by atoms with van der Waals surface area (Å²) in [5.74, 6) is -1.12. The van der Waals surface area contributed by atoms with Crippen LogP contribution in [0.25, 0.3) is 0 Å². The third-order valence-electron chi connectivity index (χ3n) is 2.34. The van der Waals surface area contributed by atoms with E-state index in [2.05, 4.69) is 0 Å². The molecule has 0 saturated heterocycles. The van der Waals surface area contributed by atoms with Crippen LogP contribution in [0, 0.1) is 0 Å². The van der Waals surface area contributed by atoms with Crippen molar-refractivity contribution in [3.63, 3.8) is 0 Å². The molecule has 0 aliphatic heterocycles. The number of aryl methyl sites for hydroxylation is 1. The Morgan fingerprint density at radius 1 is 1.19 bits per heavy atom. The Morgan fingerprint density at radius 2 is 1.88 bits per heavy atom. The molecule has 1 aromatic carbocycles. The van der Waals surface area contributed by atoms with E-state index in [0.717, 1.165) is 31.2 Å². The molecule has 0 saturated carbocycles. The third kappa shape index (κ3) is 5.57. The van der Waals surface area contributed by atoms with E-state index in [1.165, 1.54) is 0 Å². The van der Waals surface area contributed by atoms with E-state index >= 15 is 0 Å². The van der Waals surface area contributed by atoms with Gasteiger partial charge in [-0.15, -0.1) is 0 Å². The molecule has 0 fully saturated rings. The largest absolute Gasteiger partial charge is 1.00 e. The molecule has 0 aliphatic carbocycles. The van der Waals surface area contributed by atoms with Gasteiger partial charge in [0.15, 0.2) is 0 Å². The van der Waals surface area contributed by atoms with Crippen LogP contribution in [-0.4, -0.2) is 17.7 Å². The van der Waals surface area contributed by atoms with Gasteiger partial charge in [-0.05, 0) is 24.8 Å². The topological polar surface area (TPSA) is 60.4 Å². The number of rotatable bonds is 6. The SMILES string of the molecule is O=C([O-])c1ccccc1CCCCCO.[K+]. The second kappa shape index (κ2) is 9.33. The maximum Gasteiger partial charge on any atom is 1.00 e. The van der Waals surface area contributed by atoms with Gasteiger partial charge in [-0.25, -0.2) is 0 Å². The van der Waals surface area contributed by atoms with Crippen LogP contribution >= 0.6 is 0 Å². The Hall–Kier alpha value is 0.286. The van der Waals surface area contributed by atoms with Crippen LogP contribution < -0.4 is 56.5 Å². The predicted molar refractivity (Wildman–Crippen MR) is 55.4 cm³/mol. The van der Waals surface area contributed by atoms with E-state index in [4.69, 9.17) is 5.11 Å². The number of carbonyl (C=O) groups is 1. The molecule has 4 heteroatoms. The standard InChI is InChI=1S/C12H16O3.K/c13-9-5-1-2-6-10-7-3-4-8-11(10)12(14)15;/h3-4,7-8,13H,1-2,5-6,9H2,(H,14,15);/q;+1/p-1. The summed E-state index contributed by atoms with van der Waals surface area (Å²) in [5, 5.41) is 19.4. The van der Waals surface area contributed by atoms with E-state index in [-0.39, 0.29) is 63.6 Å². The van der Waals surface area contributed by atoms with Crippen LogP contribution in [0.5, 0.6) is 0 Å². The van der Waals surface area contributed by atoms with Gasteiger partial charge in [-0.2, -0.15) is 0 Å². The van der Waals surface area contributed by atoms with Crippen LogP contribution in [0.1, 0.15) is 35.2 Å². The number of aromatic carboxylic acids is 1. The number of hydrogen-bond donors (Lipinski definition) is 1. The molecule has 82 valence electrons. The second-order valence-electron chi connectivity index (χ2n) is 3.48. The zero-order valence-corrected chi connectivity index (χ0v) is 12.7. The van der Waals surface area contributed by atoms with Crippen LogP contribution in [0.4, 0.5) is 0 Å². The Kier molecular flexibility index (Phi) is 9.50. The van der Waals surface area contributed by atoms with Crippen molar-refractivity contribution in [3.05, 3.63) is 35.4 Å². The molecule has 3 nitrogen and oxygen atoms in total. The molecule has 1 aromatic rings. The molecule has 0 radical (unpaired) electrons. The number of aliphatic hydroxyl groups excluding tert-OH is 1. The zero-order valence-electron chi connectivity index (χ0n) is 9.61. The fourth-order valence-electron chi connectivity index (χ4n) is 1.54. The van der Waals surface area contributed by atoms with Gasteiger partial charge in [-0.3, -0.25) is 0 Å². The Bertz CT molecular complexity index is 326. The average molecular weight is 246 g/mol. The third-order valence-corrected chi connectivity index (χ3v) is 2.34. The maximum absolute atomic E-state index is 10.8. The number of carboxylic acids is 1. The van der Waals surface area contributed by atoms with Gasteiger partial charge < -0.3 is 15.0 Å². The van der Waals surface area contributed by atoms with Crippen molar-refractivity contribution >= 4 is 5.97 Å². The van der Waals surface area contributed by atoms with Crippen molar-refractivity contribution in [3.8, 4) is 0 Å². The monoisotopic (exact) mass is 246 g/mol. The molecular formula is C12H15KO3. The number of carbonyl (C=O) groups excluding carboxylic acids is 1. The molecule has 16 heavy (non-hydrogen) atoms. The summed E-state index contributed by atoms with van der Waals surface area (Å²) < 4.78 is 0. The molecular weight excluding hydrogens is 231 g/mol. The van der Waals surface area contributed by atoms with E-state index in [0.29, 0.717) is 0 Å². The van der Waals surface area contributed by atoms with Crippen LogP contribution in [0.3, 0.4) is 0 Å². The fraction of sp³-hybridized carbons (Fsp3) is 0.417. The first-order valence-corrected chi connectivity index (χ1v) is 5.16. The molecule has 0 aromatic heterocycles. The van der Waals surface area contributed by atoms with Crippen LogP contribution in [-0.2, 0) is 6.42 Å². The van der Waals surface area contributed by atoms with Gasteiger partial charge in [0.25, 0.3) is 0 Å². The van der Waals surface area contributed by atoms with E-state index in [1.54, 1.807) is 12.1 Å². The number of unbranched alkanes of at least 4 members (excludes halogenated alkanes) is 2. The van der Waals surface area contributed by atoms with Crippen LogP contribution in [0.15, 0.2) is 24.3 Å². The van der Waals surface area contributed by atoms with Gasteiger partial charge in [0.2, 0.25) is 0 Å². The quantitative estimate of drug-likeness (QED) is 0.456. The number of hydrogen-bond acceptors (Lipinski definition) is 3. The summed E-state index contributed by atoms with van der Waals surface area (Å²) >= 11 is 0. The summed E-state index contributed by atoms with van der Waals surface area (Å²) in [4.78, 5) is 10.8. The minimum absolute atomic E-state index is 0. The Morgan fingerprint density at radius 3 is 2.50 bits per heavy atom. The minimum atomic E-state index is -1.12. The number of aliphatic hydroxyl groups is 1. The van der Waals surface area contributed by atoms with Gasteiger partial charge in [0, 0.05) is 12.2 Å². The molecule has 0 unspecified atom stereocenters. The predicted octanol–water partition coefficient (Wildman–Crippen LogP) is -2.24. The first-order valence-electron chi connectivity index (χ1n) is 5.16. The van der Waals surface area contributed by atoms with E-state index in [9.17, 15) is 9.90 Å². The molecule has 0 spiro atoms. The Balaban J connectivity index is 0.00000225. The van der Waals surface area contributed by atoms with Crippen LogP contribution in [0.2, 0.25) is 0 Å². The minimum Gasteiger partial charge on any atom is -0.545 e. The summed E-state index contributed by atoms with van der Waals surface area (Å²) in [6, 6.07) is 6.90. The van der Waals surface area contributed by atoms with Gasteiger partial charge in [0.1, 0.15) is 0 Å². The second-order valence-corrected chi connectivity index (χ2v) is 3.48. The average Bonchev–Trinajstić information content (AvgIpc) is 2.25. The molecule has 1 rings (SSSR count). The van der Waals surface area contributed by atoms with Gasteiger partial charge >= 0.3 is 51.4 Å². The van der Waals surface area contributed by atoms with Gasteiger partial charge in [-0.1, -0.05) is 30.7 Å². The first-order chi connectivity index (χ1) is 7.25. The summed E-state index contributed by atoms with van der Waals surface area (Å²) in [6.07, 6.45) is 3.31. The first kappa shape index (κ1) is 16.3. The smallest absolute Gasteiger partial charge is 0.545 e. The molecule has 0 heterocycles. The van der Waals surface area contributed by atoms with Crippen molar-refractivity contribution in [2.75, 3.05) is 6.61 Å². The van der Waals surface area contributed by atoms with Crippen molar-refractivity contribution in [1.82, 2.24) is 0 Å². The van der Waals surface area contributed by atoms with Crippen molar-refractivity contribution in [2.45, 2.75) is 25.7 Å². The van der Waals surface area contributed by atoms with E-state index < -0.39 is 5.97 Å². The molecule has 0 bridgehead atoms. The fourth-order valence-corrected chi connectivity index (χ4v) is 1.54. The number of carboxylic acid groups (broad SMARTS) is 1.